The predicted octanol–water partition coefficient (Wildman–Crippen LogP) is 5.72. The maximum absolute atomic E-state index is 12.6. The van der Waals surface area contributed by atoms with Crippen LogP contribution in [0.5, 0.6) is 5.75 Å². The van der Waals surface area contributed by atoms with E-state index in [0.29, 0.717) is 40.8 Å². The van der Waals surface area contributed by atoms with Crippen LogP contribution in [-0.2, 0) is 9.57 Å². The number of halogens is 1. The minimum Gasteiger partial charge on any atom is -0.569 e. The van der Waals surface area contributed by atoms with Crippen LogP contribution in [0, 0.1) is 12.1 Å². The number of unbranched alkanes of at least 4 members (excludes halogenated alkanes) is 1. The Kier molecular flexibility index (Phi) is 7.92. The molecule has 1 fully saturated rings. The van der Waals surface area contributed by atoms with E-state index >= 15 is 0 Å². The van der Waals surface area contributed by atoms with E-state index in [-0.39, 0.29) is 11.8 Å². The Balaban J connectivity index is 1.63. The Morgan fingerprint density at radius 2 is 2.17 bits per heavy atom. The summed E-state index contributed by atoms with van der Waals surface area (Å²) in [5.74, 6) is 0.174. The molecule has 3 atom stereocenters. The number of carboxylic acid groups (broad SMARTS) is 1. The van der Waals surface area contributed by atoms with Gasteiger partial charge in [0.25, 0.3) is 0 Å². The van der Waals surface area contributed by atoms with Crippen LogP contribution in [0.3, 0.4) is 0 Å². The number of hydrazine groups is 1. The molecule has 35 heavy (non-hydrogen) atoms. The first-order valence-corrected chi connectivity index (χ1v) is 12.1. The van der Waals surface area contributed by atoms with Gasteiger partial charge in [0.05, 0.1) is 29.4 Å². The standard InChI is InChI=1S/C24H29ClN4O6/c1-3-4-12-33-27-29(32)28-11-5-6-18(28)13-20-21-19(14-26-15(2)22(21)35-24(30)31)23(34-20)16-7-9-17(25)10-8-16/h7-10,14,18,20,23H,3-6,11-13H2,1-2H3,(H,30,31)/t18-,20?,23-/m0/s1. The molecule has 0 saturated carbocycles. The first-order valence-electron chi connectivity index (χ1n) is 11.8. The largest absolute Gasteiger partial charge is 0.569 e. The van der Waals surface area contributed by atoms with Crippen LogP contribution in [0.15, 0.2) is 35.7 Å². The molecule has 1 unspecified atom stereocenters. The van der Waals surface area contributed by atoms with Crippen LogP contribution >= 0.6 is 11.6 Å². The molecule has 10 nitrogen and oxygen atoms in total. The van der Waals surface area contributed by atoms with E-state index in [1.54, 1.807) is 30.3 Å². The third kappa shape index (κ3) is 5.59. The number of aryl methyl sites for hydroxylation is 1. The van der Waals surface area contributed by atoms with Gasteiger partial charge in [-0.3, -0.25) is 4.98 Å². The topological polar surface area (TPSA) is 120 Å². The smallest absolute Gasteiger partial charge is 0.511 e. The SMILES string of the molecule is CCCCON=[N+]([O-])N1CCC[C@H]1CC1O[C@@H](c2ccc(Cl)cc2)c2cnc(C)c(OC(=O)O)c21. The molecule has 2 aliphatic heterocycles. The number of hydrogen-bond acceptors (Lipinski definition) is 7. The highest BCUT2D eigenvalue weighted by Crippen LogP contribution is 2.50. The lowest BCUT2D eigenvalue weighted by Crippen LogP contribution is -2.36. The number of nitrogens with zero attached hydrogens (tertiary/aromatic N) is 4. The molecule has 2 aliphatic rings. The summed E-state index contributed by atoms with van der Waals surface area (Å²) in [7, 11) is 0. The van der Waals surface area contributed by atoms with E-state index in [4.69, 9.17) is 25.9 Å². The second kappa shape index (κ2) is 11.1. The van der Waals surface area contributed by atoms with Gasteiger partial charge in [0.15, 0.2) is 5.75 Å². The van der Waals surface area contributed by atoms with Crippen molar-refractivity contribution < 1.29 is 29.2 Å². The van der Waals surface area contributed by atoms with Crippen LogP contribution in [-0.4, -0.2) is 45.4 Å². The van der Waals surface area contributed by atoms with E-state index < -0.39 is 18.4 Å². The first kappa shape index (κ1) is 25.0. The van der Waals surface area contributed by atoms with E-state index in [0.717, 1.165) is 36.8 Å². The summed E-state index contributed by atoms with van der Waals surface area (Å²) in [5.41, 5.74) is 2.68. The van der Waals surface area contributed by atoms with Gasteiger partial charge in [-0.15, -0.1) is 5.01 Å². The second-order valence-electron chi connectivity index (χ2n) is 8.68. The van der Waals surface area contributed by atoms with Crippen molar-refractivity contribution in [3.63, 3.8) is 0 Å². The van der Waals surface area contributed by atoms with E-state index in [1.165, 1.54) is 0 Å². The number of ether oxygens (including phenoxy) is 2. The quantitative estimate of drug-likeness (QED) is 0.151. The minimum atomic E-state index is -1.42. The van der Waals surface area contributed by atoms with Crippen molar-refractivity contribution in [1.82, 2.24) is 9.99 Å². The number of pyridine rings is 1. The summed E-state index contributed by atoms with van der Waals surface area (Å²) in [6.45, 7) is 4.66. The molecule has 0 spiro atoms. The van der Waals surface area contributed by atoms with Gasteiger partial charge in [-0.25, -0.2) is 4.79 Å². The Morgan fingerprint density at radius 3 is 2.89 bits per heavy atom. The number of rotatable bonds is 9. The van der Waals surface area contributed by atoms with Crippen LogP contribution in [0.2, 0.25) is 5.02 Å². The Bertz CT molecular complexity index is 1080. The van der Waals surface area contributed by atoms with Gasteiger partial charge >= 0.3 is 6.16 Å². The molecule has 1 N–H and O–H groups in total. The highest BCUT2D eigenvalue weighted by atomic mass is 35.5. The molecule has 0 amide bonds. The molecule has 1 aromatic heterocycles. The van der Waals surface area contributed by atoms with Crippen LogP contribution < -0.4 is 4.74 Å². The van der Waals surface area contributed by atoms with Crippen molar-refractivity contribution in [3.05, 3.63) is 63.1 Å². The molecular weight excluding hydrogens is 476 g/mol. The van der Waals surface area contributed by atoms with Gasteiger partial charge in [0, 0.05) is 28.8 Å². The monoisotopic (exact) mass is 504 g/mol. The Labute approximate surface area is 208 Å². The van der Waals surface area contributed by atoms with Crippen molar-refractivity contribution in [3.8, 4) is 5.75 Å². The van der Waals surface area contributed by atoms with Crippen molar-refractivity contribution in [1.29, 1.82) is 0 Å². The summed E-state index contributed by atoms with van der Waals surface area (Å²) in [6.07, 6.45) is 3.08. The molecule has 188 valence electrons. The molecule has 11 heteroatoms. The van der Waals surface area contributed by atoms with Gasteiger partial charge in [0.2, 0.25) is 5.28 Å². The third-order valence-corrected chi connectivity index (χ3v) is 6.57. The number of fused-ring (bicyclic) bond motifs is 1. The summed E-state index contributed by atoms with van der Waals surface area (Å²) in [4.78, 5) is 21.5. The number of aromatic nitrogens is 1. The van der Waals surface area contributed by atoms with Gasteiger partial charge < -0.3 is 24.6 Å². The fourth-order valence-corrected chi connectivity index (χ4v) is 4.76. The molecule has 1 aromatic carbocycles. The number of carbonyl (C=O) groups is 1. The van der Waals surface area contributed by atoms with E-state index in [2.05, 4.69) is 10.3 Å². The highest BCUT2D eigenvalue weighted by molar-refractivity contribution is 6.30. The summed E-state index contributed by atoms with van der Waals surface area (Å²) in [5, 5.41) is 27.9. The second-order valence-corrected chi connectivity index (χ2v) is 9.12. The predicted molar refractivity (Wildman–Crippen MR) is 126 cm³/mol. The van der Waals surface area contributed by atoms with Gasteiger partial charge in [-0.05, 0) is 43.9 Å². The van der Waals surface area contributed by atoms with E-state index in [9.17, 15) is 15.1 Å². The number of benzene rings is 1. The summed E-state index contributed by atoms with van der Waals surface area (Å²) < 4.78 is 11.6. The molecule has 0 aliphatic carbocycles. The Morgan fingerprint density at radius 1 is 1.40 bits per heavy atom. The summed E-state index contributed by atoms with van der Waals surface area (Å²) in [6, 6.07) is 7.11. The Hall–Kier alpha value is -3.11. The molecule has 0 bridgehead atoms. The van der Waals surface area contributed by atoms with Crippen molar-refractivity contribution in [2.45, 2.75) is 64.2 Å². The maximum Gasteiger partial charge on any atom is 0.511 e. The zero-order valence-electron chi connectivity index (χ0n) is 19.7. The lowest BCUT2D eigenvalue weighted by molar-refractivity contribution is -0.714. The molecule has 4 rings (SSSR count). The normalized spacial score (nSPS) is 21.7. The zero-order chi connectivity index (χ0) is 24.9. The van der Waals surface area contributed by atoms with E-state index in [1.807, 2.05) is 19.1 Å². The molecule has 0 radical (unpaired) electrons. The van der Waals surface area contributed by atoms with Crippen LogP contribution in [0.1, 0.15) is 73.6 Å². The lowest BCUT2D eigenvalue weighted by atomic mass is 9.95. The fraction of sp³-hybridized carbons (Fsp3) is 0.500. The van der Waals surface area contributed by atoms with Gasteiger partial charge in [-0.1, -0.05) is 37.1 Å². The zero-order valence-corrected chi connectivity index (χ0v) is 20.5. The maximum atomic E-state index is 12.6. The molecule has 2 aromatic rings. The average Bonchev–Trinajstić information content (AvgIpc) is 3.44. The lowest BCUT2D eigenvalue weighted by Gasteiger charge is -2.24. The highest BCUT2D eigenvalue weighted by Gasteiger charge is 2.42. The van der Waals surface area contributed by atoms with Crippen LogP contribution in [0.25, 0.3) is 0 Å². The minimum absolute atomic E-state index is 0.168. The van der Waals surface area contributed by atoms with Crippen molar-refractivity contribution in [2.24, 2.45) is 5.28 Å². The fourth-order valence-electron chi connectivity index (χ4n) is 4.63. The van der Waals surface area contributed by atoms with Gasteiger partial charge in [-0.2, -0.15) is 0 Å². The number of hydrogen-bond donors (Lipinski definition) is 1. The molecule has 1 saturated heterocycles. The third-order valence-electron chi connectivity index (χ3n) is 6.32. The first-order chi connectivity index (χ1) is 16.9. The average molecular weight is 505 g/mol. The van der Waals surface area contributed by atoms with Gasteiger partial charge in [0.1, 0.15) is 12.7 Å². The summed E-state index contributed by atoms with van der Waals surface area (Å²) >= 11 is 6.07. The van der Waals surface area contributed by atoms with Crippen molar-refractivity contribution >= 4 is 17.8 Å². The van der Waals surface area contributed by atoms with Crippen LogP contribution in [0.4, 0.5) is 4.79 Å². The molecular formula is C24H29ClN4O6. The molecule has 3 heterocycles. The van der Waals surface area contributed by atoms with Crippen molar-refractivity contribution in [2.75, 3.05) is 13.2 Å².